The maximum Gasteiger partial charge on any atom is 0.222 e. The van der Waals surface area contributed by atoms with Crippen LogP contribution in [0.4, 0.5) is 0 Å². The predicted molar refractivity (Wildman–Crippen MR) is 113 cm³/mol. The van der Waals surface area contributed by atoms with Crippen molar-refractivity contribution in [1.29, 1.82) is 0 Å². The van der Waals surface area contributed by atoms with Crippen molar-refractivity contribution in [3.05, 3.63) is 35.9 Å². The Hall–Kier alpha value is -2.05. The SMILES string of the molecule is C=C1c2ccc(O[C@@H]3CCCCC[C@@H]3NCC)cc2CN1C1CCC(=O)NC1O. The number of likely N-dealkylation sites (N-methyl/N-ethyl adjacent to an activating group) is 1. The van der Waals surface area contributed by atoms with Gasteiger partial charge in [0.05, 0.1) is 6.04 Å². The fourth-order valence-corrected chi connectivity index (χ4v) is 4.99. The van der Waals surface area contributed by atoms with Crippen molar-refractivity contribution in [2.45, 2.75) is 82.8 Å². The molecule has 2 aliphatic heterocycles. The van der Waals surface area contributed by atoms with Gasteiger partial charge in [-0.15, -0.1) is 0 Å². The van der Waals surface area contributed by atoms with E-state index in [1.165, 1.54) is 31.2 Å². The number of nitrogens with zero attached hydrogens (tertiary/aromatic N) is 1. The van der Waals surface area contributed by atoms with Gasteiger partial charge in [0.1, 0.15) is 18.1 Å². The molecule has 1 saturated heterocycles. The number of aliphatic hydroxyl groups excluding tert-OH is 1. The van der Waals surface area contributed by atoms with E-state index in [4.69, 9.17) is 4.74 Å². The fourth-order valence-electron chi connectivity index (χ4n) is 4.99. The Kier molecular flexibility index (Phi) is 6.11. The van der Waals surface area contributed by atoms with Crippen molar-refractivity contribution in [3.8, 4) is 5.75 Å². The Morgan fingerprint density at radius 1 is 1.28 bits per heavy atom. The lowest BCUT2D eigenvalue weighted by atomic mass is 10.0. The van der Waals surface area contributed by atoms with E-state index in [1.54, 1.807) is 0 Å². The highest BCUT2D eigenvalue weighted by atomic mass is 16.5. The van der Waals surface area contributed by atoms with Crippen molar-refractivity contribution < 1.29 is 14.6 Å². The van der Waals surface area contributed by atoms with Gasteiger partial charge in [0, 0.05) is 30.3 Å². The monoisotopic (exact) mass is 399 g/mol. The van der Waals surface area contributed by atoms with Crippen LogP contribution in [0.5, 0.6) is 5.75 Å². The molecule has 0 aromatic heterocycles. The van der Waals surface area contributed by atoms with Gasteiger partial charge in [-0.1, -0.05) is 26.3 Å². The highest BCUT2D eigenvalue weighted by Gasteiger charge is 2.36. The lowest BCUT2D eigenvalue weighted by Gasteiger charge is -2.37. The molecule has 2 unspecified atom stereocenters. The molecule has 3 aliphatic rings. The summed E-state index contributed by atoms with van der Waals surface area (Å²) in [6.45, 7) is 8.05. The predicted octanol–water partition coefficient (Wildman–Crippen LogP) is 2.76. The number of hydrogen-bond donors (Lipinski definition) is 3. The lowest BCUT2D eigenvalue weighted by Crippen LogP contribution is -2.53. The second-order valence-corrected chi connectivity index (χ2v) is 8.47. The molecule has 0 radical (unpaired) electrons. The molecule has 0 spiro atoms. The standard InChI is InChI=1S/C23H33N3O3/c1-3-24-19-7-5-4-6-8-21(19)29-17-9-10-18-15(2)26(14-16(18)13-17)20-11-12-22(27)25-23(20)28/h9-10,13,19-21,23-24,28H,2-8,11-12,14H2,1H3,(H,25,27)/t19-,20?,21+,23?/m0/s1. The minimum absolute atomic E-state index is 0.0922. The molecule has 6 heteroatoms. The first-order valence-electron chi connectivity index (χ1n) is 11.0. The largest absolute Gasteiger partial charge is 0.489 e. The van der Waals surface area contributed by atoms with Crippen LogP contribution >= 0.6 is 0 Å². The average Bonchev–Trinajstić information content (AvgIpc) is 2.86. The van der Waals surface area contributed by atoms with Gasteiger partial charge >= 0.3 is 0 Å². The van der Waals surface area contributed by atoms with Crippen LogP contribution in [0.1, 0.15) is 63.0 Å². The van der Waals surface area contributed by atoms with E-state index in [-0.39, 0.29) is 18.1 Å². The number of carbonyl (C=O) groups is 1. The summed E-state index contributed by atoms with van der Waals surface area (Å²) in [5, 5.41) is 16.6. The van der Waals surface area contributed by atoms with Crippen LogP contribution in [-0.4, -0.2) is 46.9 Å². The maximum atomic E-state index is 11.5. The van der Waals surface area contributed by atoms with Gasteiger partial charge in [-0.3, -0.25) is 4.79 Å². The first-order chi connectivity index (χ1) is 14.1. The zero-order chi connectivity index (χ0) is 20.4. The second-order valence-electron chi connectivity index (χ2n) is 8.47. The Morgan fingerprint density at radius 2 is 2.10 bits per heavy atom. The lowest BCUT2D eigenvalue weighted by molar-refractivity contribution is -0.129. The first kappa shape index (κ1) is 20.2. The van der Waals surface area contributed by atoms with E-state index in [9.17, 15) is 9.90 Å². The Balaban J connectivity index is 1.47. The topological polar surface area (TPSA) is 73.8 Å². The average molecular weight is 400 g/mol. The van der Waals surface area contributed by atoms with Crippen molar-refractivity contribution in [3.63, 3.8) is 0 Å². The molecule has 6 nitrogen and oxygen atoms in total. The van der Waals surface area contributed by atoms with Crippen LogP contribution in [0.3, 0.4) is 0 Å². The normalized spacial score (nSPS) is 29.9. The number of nitrogens with one attached hydrogen (secondary N) is 2. The third-order valence-corrected chi connectivity index (χ3v) is 6.52. The summed E-state index contributed by atoms with van der Waals surface area (Å²) < 4.78 is 6.46. The molecule has 0 bridgehead atoms. The summed E-state index contributed by atoms with van der Waals surface area (Å²) in [5.74, 6) is 0.816. The molecule has 1 aromatic rings. The molecule has 29 heavy (non-hydrogen) atoms. The second kappa shape index (κ2) is 8.76. The van der Waals surface area contributed by atoms with E-state index < -0.39 is 6.23 Å². The van der Waals surface area contributed by atoms with Gasteiger partial charge in [-0.2, -0.15) is 0 Å². The number of rotatable bonds is 5. The van der Waals surface area contributed by atoms with E-state index in [2.05, 4.69) is 41.2 Å². The fraction of sp³-hybridized carbons (Fsp3) is 0.609. The number of aliphatic hydroxyl groups is 1. The molecule has 158 valence electrons. The Bertz CT molecular complexity index is 766. The Labute approximate surface area is 173 Å². The summed E-state index contributed by atoms with van der Waals surface area (Å²) >= 11 is 0. The van der Waals surface area contributed by atoms with Crippen molar-refractivity contribution in [1.82, 2.24) is 15.5 Å². The molecule has 4 atom stereocenters. The van der Waals surface area contributed by atoms with Gasteiger partial charge in [-0.25, -0.2) is 0 Å². The maximum absolute atomic E-state index is 11.5. The van der Waals surface area contributed by atoms with Crippen LogP contribution in [-0.2, 0) is 11.3 Å². The molecule has 4 rings (SSSR count). The van der Waals surface area contributed by atoms with Crippen LogP contribution in [0.15, 0.2) is 24.8 Å². The van der Waals surface area contributed by atoms with Gasteiger partial charge in [0.25, 0.3) is 0 Å². The third kappa shape index (κ3) is 4.28. The number of carbonyl (C=O) groups excluding carboxylic acids is 1. The molecule has 2 heterocycles. The molecular formula is C23H33N3O3. The number of benzene rings is 1. The number of piperidine rings is 1. The molecule has 1 saturated carbocycles. The summed E-state index contributed by atoms with van der Waals surface area (Å²) in [7, 11) is 0. The zero-order valence-electron chi connectivity index (χ0n) is 17.3. The van der Waals surface area contributed by atoms with E-state index in [0.29, 0.717) is 25.4 Å². The molecule has 3 N–H and O–H groups in total. The van der Waals surface area contributed by atoms with Crippen LogP contribution in [0, 0.1) is 0 Å². The first-order valence-corrected chi connectivity index (χ1v) is 11.0. The van der Waals surface area contributed by atoms with Gasteiger partial charge in [0.2, 0.25) is 5.91 Å². The molecule has 2 fully saturated rings. The van der Waals surface area contributed by atoms with Gasteiger partial charge in [-0.05, 0) is 56.0 Å². The molecular weight excluding hydrogens is 366 g/mol. The minimum Gasteiger partial charge on any atom is -0.489 e. The number of ether oxygens (including phenoxy) is 1. The smallest absolute Gasteiger partial charge is 0.222 e. The van der Waals surface area contributed by atoms with E-state index in [0.717, 1.165) is 30.0 Å². The number of amides is 1. The van der Waals surface area contributed by atoms with Crippen molar-refractivity contribution in [2.24, 2.45) is 0 Å². The number of hydrogen-bond acceptors (Lipinski definition) is 5. The van der Waals surface area contributed by atoms with Crippen LogP contribution in [0.25, 0.3) is 5.70 Å². The summed E-state index contributed by atoms with van der Waals surface area (Å²) in [6.07, 6.45) is 6.42. The number of fused-ring (bicyclic) bond motifs is 1. The minimum atomic E-state index is -0.857. The molecule has 1 amide bonds. The quantitative estimate of drug-likeness (QED) is 0.664. The summed E-state index contributed by atoms with van der Waals surface area (Å²) in [6, 6.07) is 6.52. The third-order valence-electron chi connectivity index (χ3n) is 6.52. The van der Waals surface area contributed by atoms with Gasteiger partial charge < -0.3 is 25.4 Å². The van der Waals surface area contributed by atoms with Crippen molar-refractivity contribution in [2.75, 3.05) is 6.54 Å². The Morgan fingerprint density at radius 3 is 2.90 bits per heavy atom. The zero-order valence-corrected chi connectivity index (χ0v) is 17.3. The molecule has 1 aliphatic carbocycles. The molecule has 1 aromatic carbocycles. The van der Waals surface area contributed by atoms with Crippen LogP contribution < -0.4 is 15.4 Å². The van der Waals surface area contributed by atoms with Gasteiger partial charge in [0.15, 0.2) is 0 Å². The highest BCUT2D eigenvalue weighted by molar-refractivity contribution is 5.77. The summed E-state index contributed by atoms with van der Waals surface area (Å²) in [5.41, 5.74) is 3.18. The van der Waals surface area contributed by atoms with Crippen molar-refractivity contribution >= 4 is 11.6 Å². The summed E-state index contributed by atoms with van der Waals surface area (Å²) in [4.78, 5) is 13.6. The van der Waals surface area contributed by atoms with E-state index >= 15 is 0 Å². The van der Waals surface area contributed by atoms with E-state index in [1.807, 2.05) is 6.07 Å². The van der Waals surface area contributed by atoms with Crippen LogP contribution in [0.2, 0.25) is 0 Å². The highest BCUT2D eigenvalue weighted by Crippen LogP contribution is 2.38.